The van der Waals surface area contributed by atoms with Gasteiger partial charge < -0.3 is 20.7 Å². The van der Waals surface area contributed by atoms with E-state index in [1.54, 1.807) is 32.3 Å². The standard InChI is InChI=1S/C22H19FN6O2/c1-11-16-7-14(23)3-4-15(16)21(25)13(9-27-2)6-18-20(17(8-24)29-31-18)12-5-19(30-11)22(26)28-10-12/h3-5,7,9-11H,6,25H2,1-2H3,(H2,26,28)/t11-/m1/s1. The fraction of sp³-hybridized carbons (Fsp3) is 0.182. The normalized spacial score (nSPS) is 16.0. The molecule has 0 amide bonds. The Morgan fingerprint density at radius 2 is 2.13 bits per heavy atom. The van der Waals surface area contributed by atoms with Gasteiger partial charge in [0.2, 0.25) is 0 Å². The zero-order valence-corrected chi connectivity index (χ0v) is 16.9. The molecular weight excluding hydrogens is 399 g/mol. The summed E-state index contributed by atoms with van der Waals surface area (Å²) in [5.74, 6) is 0.430. The quantitative estimate of drug-likeness (QED) is 0.578. The van der Waals surface area contributed by atoms with E-state index in [9.17, 15) is 9.65 Å². The highest BCUT2D eigenvalue weighted by molar-refractivity contribution is 5.91. The minimum atomic E-state index is -0.597. The number of pyridine rings is 1. The average molecular weight is 418 g/mol. The van der Waals surface area contributed by atoms with Crippen LogP contribution in [0.4, 0.5) is 10.2 Å². The van der Waals surface area contributed by atoms with Crippen LogP contribution in [0.15, 0.2) is 45.6 Å². The summed E-state index contributed by atoms with van der Waals surface area (Å²) < 4.78 is 25.6. The van der Waals surface area contributed by atoms with Gasteiger partial charge in [-0.3, -0.25) is 4.99 Å². The molecule has 0 fully saturated rings. The minimum absolute atomic E-state index is 0.103. The first-order valence-corrected chi connectivity index (χ1v) is 9.44. The summed E-state index contributed by atoms with van der Waals surface area (Å²) in [4.78, 5) is 8.30. The average Bonchev–Trinajstić information content (AvgIpc) is 3.16. The molecule has 1 aromatic carbocycles. The van der Waals surface area contributed by atoms with Crippen LogP contribution >= 0.6 is 0 Å². The Balaban J connectivity index is 2.05. The van der Waals surface area contributed by atoms with Crippen molar-refractivity contribution < 1.29 is 13.7 Å². The van der Waals surface area contributed by atoms with Gasteiger partial charge in [0.15, 0.2) is 23.0 Å². The van der Waals surface area contributed by atoms with Gasteiger partial charge in [-0.1, -0.05) is 5.16 Å². The molecule has 1 atom stereocenters. The fourth-order valence-corrected chi connectivity index (χ4v) is 3.59. The van der Waals surface area contributed by atoms with E-state index in [1.165, 1.54) is 18.3 Å². The van der Waals surface area contributed by atoms with Crippen LogP contribution in [0.25, 0.3) is 16.8 Å². The van der Waals surface area contributed by atoms with Crippen molar-refractivity contribution in [1.29, 1.82) is 5.26 Å². The van der Waals surface area contributed by atoms with Crippen LogP contribution in [0.3, 0.4) is 0 Å². The van der Waals surface area contributed by atoms with Crippen molar-refractivity contribution in [3.05, 3.63) is 64.4 Å². The number of nitrogens with zero attached hydrogens (tertiary/aromatic N) is 4. The summed E-state index contributed by atoms with van der Waals surface area (Å²) in [5.41, 5.74) is 15.8. The van der Waals surface area contributed by atoms with E-state index in [-0.39, 0.29) is 23.7 Å². The maximum Gasteiger partial charge on any atom is 0.191 e. The molecule has 0 spiro atoms. The Labute approximate surface area is 177 Å². The zero-order valence-electron chi connectivity index (χ0n) is 16.9. The smallest absolute Gasteiger partial charge is 0.191 e. The topological polar surface area (TPSA) is 136 Å². The molecule has 1 aliphatic heterocycles. The van der Waals surface area contributed by atoms with Crippen molar-refractivity contribution in [2.45, 2.75) is 19.4 Å². The van der Waals surface area contributed by atoms with Crippen LogP contribution in [0.1, 0.15) is 35.6 Å². The number of nitrogens with two attached hydrogens (primary N) is 2. The number of ether oxygens (including phenoxy) is 1. The number of hydrogen-bond acceptors (Lipinski definition) is 8. The van der Waals surface area contributed by atoms with Crippen LogP contribution in [0.2, 0.25) is 0 Å². The summed E-state index contributed by atoms with van der Waals surface area (Å²) in [6.07, 6.45) is 2.73. The van der Waals surface area contributed by atoms with E-state index in [0.29, 0.717) is 39.3 Å². The SMILES string of the molecule is CN=CC1=C(N)c2ccc(F)cc2[C@@H](C)Oc2cc(cnc2N)-c2c(C#N)noc2C1. The van der Waals surface area contributed by atoms with Crippen LogP contribution in [-0.2, 0) is 6.42 Å². The molecule has 9 heteroatoms. The number of hydrogen-bond donors (Lipinski definition) is 2. The number of aliphatic imine (C=N–C) groups is 1. The summed E-state index contributed by atoms with van der Waals surface area (Å²) in [5, 5.41) is 13.4. The van der Waals surface area contributed by atoms with Gasteiger partial charge in [0, 0.05) is 53.8 Å². The largest absolute Gasteiger partial charge is 0.482 e. The molecule has 31 heavy (non-hydrogen) atoms. The predicted molar refractivity (Wildman–Crippen MR) is 114 cm³/mol. The third-order valence-electron chi connectivity index (χ3n) is 5.07. The van der Waals surface area contributed by atoms with Gasteiger partial charge in [-0.15, -0.1) is 0 Å². The Bertz CT molecular complexity index is 1270. The van der Waals surface area contributed by atoms with Crippen LogP contribution < -0.4 is 16.2 Å². The van der Waals surface area contributed by atoms with E-state index in [2.05, 4.69) is 15.1 Å². The molecule has 0 saturated heterocycles. The van der Waals surface area contributed by atoms with Crippen molar-refractivity contribution in [1.82, 2.24) is 10.1 Å². The predicted octanol–water partition coefficient (Wildman–Crippen LogP) is 3.40. The molecule has 0 saturated carbocycles. The number of aromatic nitrogens is 2. The molecule has 0 unspecified atom stereocenters. The number of allylic oxidation sites excluding steroid dienone is 1. The van der Waals surface area contributed by atoms with E-state index < -0.39 is 11.9 Å². The van der Waals surface area contributed by atoms with Gasteiger partial charge in [0.1, 0.15) is 18.0 Å². The Kier molecular flexibility index (Phi) is 5.13. The van der Waals surface area contributed by atoms with Gasteiger partial charge in [-0.25, -0.2) is 9.37 Å². The third kappa shape index (κ3) is 3.59. The number of nitrogen functional groups attached to an aromatic ring is 1. The summed E-state index contributed by atoms with van der Waals surface area (Å²) in [7, 11) is 1.62. The van der Waals surface area contributed by atoms with Crippen LogP contribution in [0, 0.1) is 17.1 Å². The molecule has 2 bridgehead atoms. The fourth-order valence-electron chi connectivity index (χ4n) is 3.59. The van der Waals surface area contributed by atoms with Gasteiger partial charge in [-0.2, -0.15) is 5.26 Å². The molecule has 2 aromatic heterocycles. The van der Waals surface area contributed by atoms with Crippen molar-refractivity contribution >= 4 is 17.7 Å². The number of rotatable bonds is 1. The van der Waals surface area contributed by atoms with Gasteiger partial charge in [0.25, 0.3) is 0 Å². The second-order valence-electron chi connectivity index (χ2n) is 7.04. The maximum atomic E-state index is 14.1. The van der Waals surface area contributed by atoms with E-state index in [0.717, 1.165) is 0 Å². The lowest BCUT2D eigenvalue weighted by molar-refractivity contribution is 0.227. The highest BCUT2D eigenvalue weighted by atomic mass is 19.1. The van der Waals surface area contributed by atoms with Crippen molar-refractivity contribution in [2.75, 3.05) is 12.8 Å². The molecule has 0 radical (unpaired) electrons. The minimum Gasteiger partial charge on any atom is -0.482 e. The molecule has 4 N–H and O–H groups in total. The van der Waals surface area contributed by atoms with Gasteiger partial charge in [0.05, 0.1) is 5.56 Å². The monoisotopic (exact) mass is 418 g/mol. The Morgan fingerprint density at radius 3 is 2.87 bits per heavy atom. The Hall–Kier alpha value is -4.19. The zero-order chi connectivity index (χ0) is 22.1. The third-order valence-corrected chi connectivity index (χ3v) is 5.07. The molecule has 3 aromatic rings. The van der Waals surface area contributed by atoms with Gasteiger partial charge in [-0.05, 0) is 31.2 Å². The summed E-state index contributed by atoms with van der Waals surface area (Å²) >= 11 is 0. The lowest BCUT2D eigenvalue weighted by atomic mass is 9.94. The first-order chi connectivity index (χ1) is 14.9. The molecule has 1 aliphatic rings. The van der Waals surface area contributed by atoms with E-state index >= 15 is 0 Å². The molecule has 3 heterocycles. The number of benzene rings is 1. The molecule has 0 aliphatic carbocycles. The first kappa shape index (κ1) is 20.1. The first-order valence-electron chi connectivity index (χ1n) is 9.44. The van der Waals surface area contributed by atoms with Crippen molar-refractivity contribution in [3.63, 3.8) is 0 Å². The number of halogens is 1. The molecular formula is C22H19FN6O2. The molecule has 8 nitrogen and oxygen atoms in total. The van der Waals surface area contributed by atoms with E-state index in [4.69, 9.17) is 20.7 Å². The molecule has 4 rings (SSSR count). The van der Waals surface area contributed by atoms with Crippen LogP contribution in [-0.4, -0.2) is 23.4 Å². The highest BCUT2D eigenvalue weighted by Gasteiger charge is 2.24. The number of anilines is 1. The Morgan fingerprint density at radius 1 is 1.32 bits per heavy atom. The number of fused-ring (bicyclic) bond motifs is 5. The van der Waals surface area contributed by atoms with Crippen molar-refractivity contribution in [3.8, 4) is 22.9 Å². The highest BCUT2D eigenvalue weighted by Crippen LogP contribution is 2.37. The second kappa shape index (κ2) is 7.91. The maximum absolute atomic E-state index is 14.1. The lowest BCUT2D eigenvalue weighted by Gasteiger charge is -2.21. The second-order valence-corrected chi connectivity index (χ2v) is 7.04. The lowest BCUT2D eigenvalue weighted by Crippen LogP contribution is -2.13. The molecule has 156 valence electrons. The summed E-state index contributed by atoms with van der Waals surface area (Å²) in [6.45, 7) is 1.77. The number of nitriles is 1. The van der Waals surface area contributed by atoms with Gasteiger partial charge >= 0.3 is 0 Å². The van der Waals surface area contributed by atoms with Crippen molar-refractivity contribution in [2.24, 2.45) is 10.7 Å². The summed E-state index contributed by atoms with van der Waals surface area (Å²) in [6, 6.07) is 7.99. The van der Waals surface area contributed by atoms with E-state index in [1.807, 2.05) is 6.07 Å². The van der Waals surface area contributed by atoms with Crippen LogP contribution in [0.5, 0.6) is 5.75 Å².